The molecule has 0 amide bonds. The maximum Gasteiger partial charge on any atom is 0.304 e. The molecule has 1 N–H and O–H groups in total. The molecule has 7 nitrogen and oxygen atoms in total. The molecule has 0 saturated carbocycles. The van der Waals surface area contributed by atoms with Crippen molar-refractivity contribution in [1.82, 2.24) is 9.29 Å². The predicted octanol–water partition coefficient (Wildman–Crippen LogP) is 1.03. The average molecular weight is 328 g/mol. The average Bonchev–Trinajstić information content (AvgIpc) is 2.48. The first kappa shape index (κ1) is 16.9. The molecule has 0 unspecified atom stereocenters. The second-order valence-electron chi connectivity index (χ2n) is 5.30. The molecule has 1 aliphatic heterocycles. The lowest BCUT2D eigenvalue weighted by Crippen LogP contribution is -2.44. The summed E-state index contributed by atoms with van der Waals surface area (Å²) in [6, 6.07) is 1.31. The normalized spacial score (nSPS) is 16.8. The highest BCUT2D eigenvalue weighted by molar-refractivity contribution is 7.89. The molecule has 0 aliphatic carbocycles. The van der Waals surface area contributed by atoms with Crippen molar-refractivity contribution in [3.8, 4) is 0 Å². The minimum Gasteiger partial charge on any atom is -0.481 e. The lowest BCUT2D eigenvalue weighted by molar-refractivity contribution is -0.137. The zero-order valence-electron chi connectivity index (χ0n) is 12.4. The first-order valence-electron chi connectivity index (χ1n) is 7.14. The fraction of sp³-hybridized carbons (Fsp3) is 0.571. The van der Waals surface area contributed by atoms with Gasteiger partial charge in [0.2, 0.25) is 10.0 Å². The van der Waals surface area contributed by atoms with Crippen molar-refractivity contribution in [2.24, 2.45) is 0 Å². The van der Waals surface area contributed by atoms with E-state index in [1.54, 1.807) is 19.2 Å². The smallest absolute Gasteiger partial charge is 0.304 e. The molecule has 0 spiro atoms. The van der Waals surface area contributed by atoms with Gasteiger partial charge in [0.15, 0.2) is 0 Å². The van der Waals surface area contributed by atoms with Crippen molar-refractivity contribution in [1.29, 1.82) is 0 Å². The molecule has 8 heteroatoms. The Balaban J connectivity index is 2.31. The van der Waals surface area contributed by atoms with Crippen LogP contribution in [0.15, 0.2) is 23.4 Å². The number of pyridine rings is 1. The number of nitrogens with zero attached hydrogens (tertiary/aromatic N) is 2. The molecule has 2 heterocycles. The maximum absolute atomic E-state index is 12.8. The fourth-order valence-electron chi connectivity index (χ4n) is 2.48. The van der Waals surface area contributed by atoms with Crippen LogP contribution in [-0.4, -0.2) is 54.6 Å². The molecular formula is C14H20N2O5S. The van der Waals surface area contributed by atoms with E-state index in [-0.39, 0.29) is 23.9 Å². The van der Waals surface area contributed by atoms with Crippen LogP contribution in [-0.2, 0) is 19.6 Å². The van der Waals surface area contributed by atoms with Gasteiger partial charge in [-0.1, -0.05) is 0 Å². The van der Waals surface area contributed by atoms with Crippen LogP contribution in [0.1, 0.15) is 24.8 Å². The van der Waals surface area contributed by atoms with Gasteiger partial charge in [-0.3, -0.25) is 9.78 Å². The van der Waals surface area contributed by atoms with E-state index in [9.17, 15) is 13.2 Å². The zero-order chi connectivity index (χ0) is 16.2. The van der Waals surface area contributed by atoms with Crippen LogP contribution in [0.25, 0.3) is 0 Å². The summed E-state index contributed by atoms with van der Waals surface area (Å²) in [5.41, 5.74) is 0.742. The molecule has 1 fully saturated rings. The predicted molar refractivity (Wildman–Crippen MR) is 79.0 cm³/mol. The molecular weight excluding hydrogens is 308 g/mol. The van der Waals surface area contributed by atoms with E-state index in [0.717, 1.165) is 5.56 Å². The number of ether oxygens (including phenoxy) is 1. The lowest BCUT2D eigenvalue weighted by atomic mass is 10.1. The zero-order valence-corrected chi connectivity index (χ0v) is 13.3. The summed E-state index contributed by atoms with van der Waals surface area (Å²) in [5, 5.41) is 8.88. The van der Waals surface area contributed by atoms with Gasteiger partial charge in [0.25, 0.3) is 0 Å². The number of sulfonamides is 1. The van der Waals surface area contributed by atoms with Crippen molar-refractivity contribution in [3.05, 3.63) is 24.0 Å². The van der Waals surface area contributed by atoms with Crippen LogP contribution in [0.5, 0.6) is 0 Å². The fourth-order valence-corrected chi connectivity index (χ4v) is 4.22. The highest BCUT2D eigenvalue weighted by atomic mass is 32.2. The Morgan fingerprint density at radius 2 is 2.09 bits per heavy atom. The lowest BCUT2D eigenvalue weighted by Gasteiger charge is -2.33. The Hall–Kier alpha value is -1.51. The van der Waals surface area contributed by atoms with Crippen molar-refractivity contribution in [2.75, 3.05) is 19.8 Å². The number of carboxylic acid groups (broad SMARTS) is 1. The number of aromatic nitrogens is 1. The molecule has 1 aliphatic rings. The third-order valence-electron chi connectivity index (χ3n) is 3.60. The Morgan fingerprint density at radius 1 is 1.41 bits per heavy atom. The van der Waals surface area contributed by atoms with Crippen LogP contribution >= 0.6 is 0 Å². The monoisotopic (exact) mass is 328 g/mol. The number of carbonyl (C=O) groups is 1. The Bertz CT molecular complexity index is 626. The van der Waals surface area contributed by atoms with Gasteiger partial charge >= 0.3 is 5.97 Å². The minimum atomic E-state index is -3.77. The van der Waals surface area contributed by atoms with Gasteiger partial charge in [0.1, 0.15) is 4.90 Å². The topological polar surface area (TPSA) is 96.8 Å². The molecule has 0 atom stereocenters. The second kappa shape index (κ2) is 7.17. The number of rotatable bonds is 6. The number of carboxylic acids is 1. The third-order valence-corrected chi connectivity index (χ3v) is 5.52. The molecule has 0 aromatic carbocycles. The molecule has 122 valence electrons. The van der Waals surface area contributed by atoms with Gasteiger partial charge in [-0.2, -0.15) is 4.31 Å². The summed E-state index contributed by atoms with van der Waals surface area (Å²) in [6.45, 7) is 2.68. The van der Waals surface area contributed by atoms with Gasteiger partial charge in [-0.25, -0.2) is 8.42 Å². The van der Waals surface area contributed by atoms with Crippen LogP contribution in [0.2, 0.25) is 0 Å². The molecule has 22 heavy (non-hydrogen) atoms. The Kier molecular flexibility index (Phi) is 5.49. The van der Waals surface area contributed by atoms with Crippen LogP contribution in [0.4, 0.5) is 0 Å². The van der Waals surface area contributed by atoms with E-state index in [4.69, 9.17) is 9.84 Å². The van der Waals surface area contributed by atoms with Crippen molar-refractivity contribution in [2.45, 2.75) is 37.1 Å². The first-order valence-corrected chi connectivity index (χ1v) is 8.58. The van der Waals surface area contributed by atoms with E-state index in [2.05, 4.69) is 4.98 Å². The first-order chi connectivity index (χ1) is 10.4. The largest absolute Gasteiger partial charge is 0.481 e. The highest BCUT2D eigenvalue weighted by Gasteiger charge is 2.33. The Morgan fingerprint density at radius 3 is 2.68 bits per heavy atom. The second-order valence-corrected chi connectivity index (χ2v) is 7.19. The van der Waals surface area contributed by atoms with Crippen LogP contribution in [0, 0.1) is 6.92 Å². The molecule has 1 aromatic heterocycles. The number of hydrogen-bond donors (Lipinski definition) is 1. The molecule has 0 bridgehead atoms. The summed E-state index contributed by atoms with van der Waals surface area (Å²) in [4.78, 5) is 14.9. The van der Waals surface area contributed by atoms with E-state index in [0.29, 0.717) is 26.1 Å². The van der Waals surface area contributed by atoms with E-state index in [1.807, 2.05) is 0 Å². The van der Waals surface area contributed by atoms with E-state index in [1.165, 1.54) is 10.5 Å². The molecule has 2 rings (SSSR count). The van der Waals surface area contributed by atoms with Gasteiger partial charge in [-0.05, 0) is 31.4 Å². The van der Waals surface area contributed by atoms with E-state index < -0.39 is 16.0 Å². The van der Waals surface area contributed by atoms with E-state index >= 15 is 0 Å². The molecule has 1 aromatic rings. The third kappa shape index (κ3) is 4.02. The molecule has 1 saturated heterocycles. The van der Waals surface area contributed by atoms with Gasteiger partial charge in [0, 0.05) is 38.2 Å². The summed E-state index contributed by atoms with van der Waals surface area (Å²) in [5.74, 6) is -1.02. The number of aliphatic carboxylic acids is 1. The Labute approximate surface area is 130 Å². The highest BCUT2D eigenvalue weighted by Crippen LogP contribution is 2.24. The van der Waals surface area contributed by atoms with Crippen molar-refractivity contribution >= 4 is 16.0 Å². The summed E-state index contributed by atoms with van der Waals surface area (Å²) >= 11 is 0. The van der Waals surface area contributed by atoms with Crippen molar-refractivity contribution in [3.63, 3.8) is 0 Å². The van der Waals surface area contributed by atoms with Gasteiger partial charge in [-0.15, -0.1) is 0 Å². The summed E-state index contributed by atoms with van der Waals surface area (Å²) in [6.07, 6.45) is 3.79. The quantitative estimate of drug-likeness (QED) is 0.838. The van der Waals surface area contributed by atoms with Crippen LogP contribution in [0.3, 0.4) is 0 Å². The number of aryl methyl sites for hydroxylation is 1. The van der Waals surface area contributed by atoms with Gasteiger partial charge in [0.05, 0.1) is 6.42 Å². The summed E-state index contributed by atoms with van der Waals surface area (Å²) in [7, 11) is -3.77. The standard InChI is InChI=1S/C14H20N2O5S/c1-11-8-13(10-15-9-11)22(19,20)16(5-2-14(17)18)12-3-6-21-7-4-12/h8-10,12H,2-7H2,1H3,(H,17,18). The maximum atomic E-state index is 12.8. The van der Waals surface area contributed by atoms with Gasteiger partial charge < -0.3 is 9.84 Å². The summed E-state index contributed by atoms with van der Waals surface area (Å²) < 4.78 is 32.3. The number of hydrogen-bond acceptors (Lipinski definition) is 5. The van der Waals surface area contributed by atoms with Crippen molar-refractivity contribution < 1.29 is 23.1 Å². The SMILES string of the molecule is Cc1cncc(S(=O)(=O)N(CCC(=O)O)C2CCOCC2)c1. The minimum absolute atomic E-state index is 0.0454. The molecule has 0 radical (unpaired) electrons. The van der Waals surface area contributed by atoms with Crippen LogP contribution < -0.4 is 0 Å².